The maximum absolute atomic E-state index is 11.5. The molecule has 0 aliphatic carbocycles. The van der Waals surface area contributed by atoms with Gasteiger partial charge in [0.2, 0.25) is 5.91 Å². The summed E-state index contributed by atoms with van der Waals surface area (Å²) in [6.07, 6.45) is 0. The van der Waals surface area contributed by atoms with Gasteiger partial charge in [0.1, 0.15) is 16.2 Å². The van der Waals surface area contributed by atoms with Crippen LogP contribution in [-0.2, 0) is 9.59 Å². The molecule has 0 radical (unpaired) electrons. The molecule has 1 N–H and O–H groups in total. The average Bonchev–Trinajstić information content (AvgIpc) is 2.49. The van der Waals surface area contributed by atoms with Gasteiger partial charge in [0, 0.05) is 5.88 Å². The first-order valence-electron chi connectivity index (χ1n) is 4.35. The van der Waals surface area contributed by atoms with Crippen molar-refractivity contribution in [1.29, 1.82) is 0 Å². The number of hydrogen-bond donors (Lipinski definition) is 1. The Balaban J connectivity index is 2.33. The molecule has 2 rings (SSSR count). The Morgan fingerprint density at radius 1 is 1.80 bits per heavy atom. The van der Waals surface area contributed by atoms with E-state index in [0.717, 1.165) is 0 Å². The van der Waals surface area contributed by atoms with Crippen LogP contribution in [0.1, 0.15) is 6.92 Å². The van der Waals surface area contributed by atoms with Gasteiger partial charge in [0.05, 0.1) is 4.75 Å². The minimum atomic E-state index is -0.985. The van der Waals surface area contributed by atoms with Gasteiger partial charge in [-0.15, -0.1) is 23.4 Å². The Morgan fingerprint density at radius 2 is 2.40 bits per heavy atom. The maximum Gasteiger partial charge on any atom is 0.327 e. The number of alkyl halides is 2. The van der Waals surface area contributed by atoms with E-state index in [4.69, 9.17) is 16.7 Å². The first-order chi connectivity index (χ1) is 6.92. The molecule has 2 aliphatic heterocycles. The topological polar surface area (TPSA) is 57.6 Å². The highest BCUT2D eigenvalue weighted by Gasteiger charge is 2.64. The van der Waals surface area contributed by atoms with Gasteiger partial charge in [-0.1, -0.05) is 15.9 Å². The Bertz CT molecular complexity index is 342. The van der Waals surface area contributed by atoms with Crippen molar-refractivity contribution in [2.24, 2.45) is 0 Å². The van der Waals surface area contributed by atoms with Crippen LogP contribution in [0.5, 0.6) is 0 Å². The Morgan fingerprint density at radius 3 is 2.87 bits per heavy atom. The number of fused-ring (bicyclic) bond motifs is 1. The molecule has 0 aromatic rings. The number of thioether (sulfide) groups is 1. The van der Waals surface area contributed by atoms with Crippen LogP contribution in [0.2, 0.25) is 0 Å². The molecular weight excluding hydrogens is 306 g/mol. The summed E-state index contributed by atoms with van der Waals surface area (Å²) in [4.78, 5) is 23.8. The highest BCUT2D eigenvalue weighted by atomic mass is 79.9. The molecule has 15 heavy (non-hydrogen) atoms. The lowest BCUT2D eigenvalue weighted by Crippen LogP contribution is -2.63. The second-order valence-corrected chi connectivity index (χ2v) is 6.75. The SMILES string of the molecule is CC1(CCl)SC2C(Br)C(=O)N2C1C(=O)O. The maximum atomic E-state index is 11.5. The number of aliphatic carboxylic acids is 1. The third-order valence-corrected chi connectivity index (χ3v) is 6.36. The first-order valence-corrected chi connectivity index (χ1v) is 6.68. The highest BCUT2D eigenvalue weighted by molar-refractivity contribution is 9.10. The van der Waals surface area contributed by atoms with Crippen molar-refractivity contribution in [2.45, 2.75) is 27.9 Å². The van der Waals surface area contributed by atoms with Crippen molar-refractivity contribution in [3.8, 4) is 0 Å². The smallest absolute Gasteiger partial charge is 0.327 e. The fourth-order valence-corrected chi connectivity index (χ4v) is 4.64. The van der Waals surface area contributed by atoms with E-state index in [2.05, 4.69) is 15.9 Å². The van der Waals surface area contributed by atoms with Gasteiger partial charge in [0.15, 0.2) is 0 Å². The van der Waals surface area contributed by atoms with Crippen LogP contribution in [0, 0.1) is 0 Å². The Kier molecular flexibility index (Phi) is 2.72. The van der Waals surface area contributed by atoms with Gasteiger partial charge in [-0.2, -0.15) is 0 Å². The minimum absolute atomic E-state index is 0.0950. The number of halogens is 2. The number of β-lactam (4-membered cyclic amide) rings is 1. The predicted molar refractivity (Wildman–Crippen MR) is 61.5 cm³/mol. The van der Waals surface area contributed by atoms with E-state index >= 15 is 0 Å². The Labute approximate surface area is 104 Å². The standard InChI is InChI=1S/C8H9BrClNO3S/c1-8(2-10)4(7(13)14)11-5(12)3(9)6(11)15-8/h3-4,6H,2H2,1H3,(H,13,14). The van der Waals surface area contributed by atoms with E-state index in [1.165, 1.54) is 16.7 Å². The van der Waals surface area contributed by atoms with Gasteiger partial charge in [-0.25, -0.2) is 4.79 Å². The van der Waals surface area contributed by atoms with Crippen LogP contribution in [0.15, 0.2) is 0 Å². The molecule has 0 aromatic carbocycles. The molecule has 1 amide bonds. The summed E-state index contributed by atoms with van der Waals surface area (Å²) in [5.74, 6) is -0.927. The number of carboxylic acids is 1. The number of amides is 1. The van der Waals surface area contributed by atoms with E-state index in [0.29, 0.717) is 0 Å². The zero-order chi connectivity index (χ0) is 11.4. The molecule has 2 heterocycles. The molecule has 7 heteroatoms. The number of rotatable bonds is 2. The second-order valence-electron chi connectivity index (χ2n) is 3.84. The lowest BCUT2D eigenvalue weighted by Gasteiger charge is -2.40. The van der Waals surface area contributed by atoms with Crippen molar-refractivity contribution in [3.05, 3.63) is 0 Å². The summed E-state index contributed by atoms with van der Waals surface area (Å²) in [7, 11) is 0. The number of carbonyl (C=O) groups excluding carboxylic acids is 1. The number of nitrogens with zero attached hydrogens (tertiary/aromatic N) is 1. The van der Waals surface area contributed by atoms with Gasteiger partial charge >= 0.3 is 5.97 Å². The van der Waals surface area contributed by atoms with E-state index in [-0.39, 0.29) is 22.0 Å². The van der Waals surface area contributed by atoms with Crippen LogP contribution < -0.4 is 0 Å². The van der Waals surface area contributed by atoms with E-state index < -0.39 is 16.8 Å². The van der Waals surface area contributed by atoms with Crippen molar-refractivity contribution < 1.29 is 14.7 Å². The summed E-state index contributed by atoms with van der Waals surface area (Å²) in [6, 6.07) is -0.814. The molecule has 2 fully saturated rings. The Hall–Kier alpha value is 0.0600. The van der Waals surface area contributed by atoms with Crippen LogP contribution in [-0.4, -0.2) is 48.8 Å². The fraction of sp³-hybridized carbons (Fsp3) is 0.750. The van der Waals surface area contributed by atoms with Crippen molar-refractivity contribution in [2.75, 3.05) is 5.88 Å². The molecule has 0 saturated carbocycles. The number of carboxylic acid groups (broad SMARTS) is 1. The lowest BCUT2D eigenvalue weighted by atomic mass is 9.98. The molecule has 84 valence electrons. The number of carbonyl (C=O) groups is 2. The van der Waals surface area contributed by atoms with Gasteiger partial charge in [-0.3, -0.25) is 4.79 Å². The highest BCUT2D eigenvalue weighted by Crippen LogP contribution is 2.53. The predicted octanol–water partition coefficient (Wildman–Crippen LogP) is 1.12. The normalized spacial score (nSPS) is 43.8. The minimum Gasteiger partial charge on any atom is -0.480 e. The summed E-state index contributed by atoms with van der Waals surface area (Å²) in [5, 5.41) is 9.03. The monoisotopic (exact) mass is 313 g/mol. The average molecular weight is 315 g/mol. The van der Waals surface area contributed by atoms with Crippen molar-refractivity contribution in [3.63, 3.8) is 0 Å². The van der Waals surface area contributed by atoms with Crippen LogP contribution in [0.25, 0.3) is 0 Å². The second kappa shape index (κ2) is 3.53. The molecule has 0 aromatic heterocycles. The molecule has 4 nitrogen and oxygen atoms in total. The largest absolute Gasteiger partial charge is 0.480 e. The molecule has 2 saturated heterocycles. The first kappa shape index (κ1) is 11.5. The number of hydrogen-bond acceptors (Lipinski definition) is 3. The van der Waals surface area contributed by atoms with Crippen LogP contribution in [0.4, 0.5) is 0 Å². The van der Waals surface area contributed by atoms with Crippen molar-refractivity contribution >= 4 is 51.2 Å². The fourth-order valence-electron chi connectivity index (χ4n) is 1.96. The molecule has 0 bridgehead atoms. The van der Waals surface area contributed by atoms with Crippen molar-refractivity contribution in [1.82, 2.24) is 4.90 Å². The molecule has 4 atom stereocenters. The summed E-state index contributed by atoms with van der Waals surface area (Å²) in [5.41, 5.74) is 0. The summed E-state index contributed by atoms with van der Waals surface area (Å²) < 4.78 is -0.601. The van der Waals surface area contributed by atoms with Gasteiger partial charge in [0.25, 0.3) is 0 Å². The van der Waals surface area contributed by atoms with Gasteiger partial charge < -0.3 is 10.0 Å². The molecule has 4 unspecified atom stereocenters. The lowest BCUT2D eigenvalue weighted by molar-refractivity contribution is -0.156. The van der Waals surface area contributed by atoms with Crippen LogP contribution in [0.3, 0.4) is 0 Å². The zero-order valence-electron chi connectivity index (χ0n) is 7.81. The van der Waals surface area contributed by atoms with E-state index in [1.807, 2.05) is 0 Å². The van der Waals surface area contributed by atoms with E-state index in [1.54, 1.807) is 6.92 Å². The van der Waals surface area contributed by atoms with Crippen LogP contribution >= 0.6 is 39.3 Å². The zero-order valence-corrected chi connectivity index (χ0v) is 11.0. The third kappa shape index (κ3) is 1.41. The molecular formula is C8H9BrClNO3S. The summed E-state index contributed by atoms with van der Waals surface area (Å²) >= 11 is 10.5. The molecule has 2 aliphatic rings. The van der Waals surface area contributed by atoms with Gasteiger partial charge in [-0.05, 0) is 6.92 Å². The summed E-state index contributed by atoms with van der Waals surface area (Å²) in [6.45, 7) is 1.79. The quantitative estimate of drug-likeness (QED) is 0.613. The van der Waals surface area contributed by atoms with E-state index in [9.17, 15) is 9.59 Å². The third-order valence-electron chi connectivity index (χ3n) is 2.76. The molecule has 0 spiro atoms.